The van der Waals surface area contributed by atoms with Gasteiger partial charge in [0.15, 0.2) is 0 Å². The molecular formula is C22H26N2O2. The SMILES string of the molecule is Cc1ccccc1C(C)NC(=O)C1CC(=O)N(c2cccc(C)c2C)C1. The van der Waals surface area contributed by atoms with Gasteiger partial charge in [0.25, 0.3) is 0 Å². The highest BCUT2D eigenvalue weighted by molar-refractivity contribution is 6.01. The maximum absolute atomic E-state index is 12.7. The molecule has 0 bridgehead atoms. The van der Waals surface area contributed by atoms with Gasteiger partial charge in [-0.3, -0.25) is 9.59 Å². The molecule has 136 valence electrons. The molecule has 1 aliphatic heterocycles. The summed E-state index contributed by atoms with van der Waals surface area (Å²) in [6.07, 6.45) is 0.264. The van der Waals surface area contributed by atoms with E-state index in [1.165, 1.54) is 0 Å². The lowest BCUT2D eigenvalue weighted by Gasteiger charge is -2.21. The van der Waals surface area contributed by atoms with Crippen molar-refractivity contribution in [2.45, 2.75) is 40.2 Å². The second-order valence-electron chi connectivity index (χ2n) is 7.21. The van der Waals surface area contributed by atoms with Crippen molar-refractivity contribution in [3.63, 3.8) is 0 Å². The lowest BCUT2D eigenvalue weighted by molar-refractivity contribution is -0.126. The molecular weight excluding hydrogens is 324 g/mol. The molecule has 0 aliphatic carbocycles. The first-order valence-electron chi connectivity index (χ1n) is 9.11. The van der Waals surface area contributed by atoms with Crippen LogP contribution in [0, 0.1) is 26.7 Å². The molecule has 1 saturated heterocycles. The number of anilines is 1. The predicted octanol–water partition coefficient (Wildman–Crippen LogP) is 3.84. The summed E-state index contributed by atoms with van der Waals surface area (Å²) in [6.45, 7) is 8.52. The minimum absolute atomic E-state index is 0.0161. The number of carbonyl (C=O) groups excluding carboxylic acids is 2. The number of hydrogen-bond donors (Lipinski definition) is 1. The van der Waals surface area contributed by atoms with Gasteiger partial charge >= 0.3 is 0 Å². The third-order valence-corrected chi connectivity index (χ3v) is 5.38. The third-order valence-electron chi connectivity index (χ3n) is 5.38. The Bertz CT molecular complexity index is 844. The second kappa shape index (κ2) is 7.32. The van der Waals surface area contributed by atoms with Crippen molar-refractivity contribution in [1.82, 2.24) is 5.32 Å². The van der Waals surface area contributed by atoms with Crippen LogP contribution in [0.15, 0.2) is 42.5 Å². The van der Waals surface area contributed by atoms with Crippen molar-refractivity contribution >= 4 is 17.5 Å². The van der Waals surface area contributed by atoms with E-state index in [0.29, 0.717) is 6.54 Å². The Morgan fingerprint density at radius 2 is 1.77 bits per heavy atom. The number of carbonyl (C=O) groups is 2. The monoisotopic (exact) mass is 350 g/mol. The Labute approximate surface area is 155 Å². The highest BCUT2D eigenvalue weighted by atomic mass is 16.2. The van der Waals surface area contributed by atoms with Crippen molar-refractivity contribution in [2.24, 2.45) is 5.92 Å². The summed E-state index contributed by atoms with van der Waals surface area (Å²) >= 11 is 0. The number of amides is 2. The summed E-state index contributed by atoms with van der Waals surface area (Å²) in [6, 6.07) is 13.9. The Balaban J connectivity index is 1.71. The molecule has 1 N–H and O–H groups in total. The van der Waals surface area contributed by atoms with Gasteiger partial charge in [-0.1, -0.05) is 36.4 Å². The Kier molecular flexibility index (Phi) is 5.12. The fourth-order valence-electron chi connectivity index (χ4n) is 3.63. The zero-order valence-electron chi connectivity index (χ0n) is 15.9. The fourth-order valence-corrected chi connectivity index (χ4v) is 3.63. The summed E-state index contributed by atoms with van der Waals surface area (Å²) < 4.78 is 0. The van der Waals surface area contributed by atoms with Crippen LogP contribution in [0.3, 0.4) is 0 Å². The highest BCUT2D eigenvalue weighted by Crippen LogP contribution is 2.30. The lowest BCUT2D eigenvalue weighted by atomic mass is 10.0. The molecule has 2 atom stereocenters. The van der Waals surface area contributed by atoms with Gasteiger partial charge in [-0.05, 0) is 56.0 Å². The maximum Gasteiger partial charge on any atom is 0.227 e. The lowest BCUT2D eigenvalue weighted by Crippen LogP contribution is -2.35. The van der Waals surface area contributed by atoms with Gasteiger partial charge in [-0.2, -0.15) is 0 Å². The van der Waals surface area contributed by atoms with E-state index in [9.17, 15) is 9.59 Å². The molecule has 0 saturated carbocycles. The van der Waals surface area contributed by atoms with Crippen LogP contribution >= 0.6 is 0 Å². The van der Waals surface area contributed by atoms with Crippen LogP contribution in [0.4, 0.5) is 5.69 Å². The van der Waals surface area contributed by atoms with Gasteiger partial charge < -0.3 is 10.2 Å². The first kappa shape index (κ1) is 18.2. The van der Waals surface area contributed by atoms with E-state index >= 15 is 0 Å². The Morgan fingerprint density at radius 3 is 2.50 bits per heavy atom. The predicted molar refractivity (Wildman–Crippen MR) is 104 cm³/mol. The van der Waals surface area contributed by atoms with Gasteiger partial charge in [-0.15, -0.1) is 0 Å². The summed E-state index contributed by atoms with van der Waals surface area (Å²) in [5, 5.41) is 3.08. The molecule has 2 aromatic carbocycles. The first-order chi connectivity index (χ1) is 12.4. The number of hydrogen-bond acceptors (Lipinski definition) is 2. The number of nitrogens with one attached hydrogen (secondary N) is 1. The van der Waals surface area contributed by atoms with Crippen LogP contribution in [0.25, 0.3) is 0 Å². The van der Waals surface area contributed by atoms with E-state index < -0.39 is 0 Å². The minimum atomic E-state index is -0.311. The zero-order valence-corrected chi connectivity index (χ0v) is 15.9. The number of aryl methyl sites for hydroxylation is 2. The average Bonchev–Trinajstić information content (AvgIpc) is 2.99. The largest absolute Gasteiger partial charge is 0.349 e. The van der Waals surface area contributed by atoms with Crippen LogP contribution in [-0.2, 0) is 9.59 Å². The van der Waals surface area contributed by atoms with Gasteiger partial charge in [0.1, 0.15) is 0 Å². The Morgan fingerprint density at radius 1 is 1.08 bits per heavy atom. The van der Waals surface area contributed by atoms with Crippen molar-refractivity contribution < 1.29 is 9.59 Å². The van der Waals surface area contributed by atoms with Crippen LogP contribution in [0.5, 0.6) is 0 Å². The second-order valence-corrected chi connectivity index (χ2v) is 7.21. The summed E-state index contributed by atoms with van der Waals surface area (Å²) in [5.41, 5.74) is 5.42. The number of benzene rings is 2. The van der Waals surface area contributed by atoms with Gasteiger partial charge in [0.2, 0.25) is 11.8 Å². The topological polar surface area (TPSA) is 49.4 Å². The average molecular weight is 350 g/mol. The van der Waals surface area contributed by atoms with Gasteiger partial charge in [0, 0.05) is 18.7 Å². The molecule has 0 radical (unpaired) electrons. The molecule has 4 nitrogen and oxygen atoms in total. The van der Waals surface area contributed by atoms with Crippen molar-refractivity contribution in [3.8, 4) is 0 Å². The summed E-state index contributed by atoms with van der Waals surface area (Å²) in [4.78, 5) is 27.0. The quantitative estimate of drug-likeness (QED) is 0.911. The van der Waals surface area contributed by atoms with Crippen molar-refractivity contribution in [1.29, 1.82) is 0 Å². The molecule has 0 spiro atoms. The highest BCUT2D eigenvalue weighted by Gasteiger charge is 2.36. The molecule has 26 heavy (non-hydrogen) atoms. The minimum Gasteiger partial charge on any atom is -0.349 e. The van der Waals surface area contributed by atoms with Crippen LogP contribution in [0.1, 0.15) is 41.6 Å². The van der Waals surface area contributed by atoms with E-state index in [1.54, 1.807) is 4.90 Å². The molecule has 1 aliphatic rings. The molecule has 3 rings (SSSR count). The smallest absolute Gasteiger partial charge is 0.227 e. The van der Waals surface area contributed by atoms with Crippen LogP contribution in [0.2, 0.25) is 0 Å². The molecule has 4 heteroatoms. The maximum atomic E-state index is 12.7. The fraction of sp³-hybridized carbons (Fsp3) is 0.364. The molecule has 1 fully saturated rings. The molecule has 2 unspecified atom stereocenters. The molecule has 2 aromatic rings. The molecule has 2 amide bonds. The first-order valence-corrected chi connectivity index (χ1v) is 9.11. The van der Waals surface area contributed by atoms with Crippen molar-refractivity contribution in [3.05, 3.63) is 64.7 Å². The Hall–Kier alpha value is -2.62. The number of nitrogens with zero attached hydrogens (tertiary/aromatic N) is 1. The third kappa shape index (κ3) is 3.50. The van der Waals surface area contributed by atoms with Crippen molar-refractivity contribution in [2.75, 3.05) is 11.4 Å². The zero-order chi connectivity index (χ0) is 18.8. The van der Waals surface area contributed by atoms with E-state index in [4.69, 9.17) is 0 Å². The van der Waals surface area contributed by atoms with Crippen LogP contribution in [-0.4, -0.2) is 18.4 Å². The van der Waals surface area contributed by atoms with E-state index in [0.717, 1.165) is 27.9 Å². The molecule has 0 aromatic heterocycles. The van der Waals surface area contributed by atoms with Gasteiger partial charge in [0.05, 0.1) is 12.0 Å². The number of rotatable bonds is 4. The molecule has 1 heterocycles. The summed E-state index contributed by atoms with van der Waals surface area (Å²) in [7, 11) is 0. The van der Waals surface area contributed by atoms with Crippen LogP contribution < -0.4 is 10.2 Å². The van der Waals surface area contributed by atoms with E-state index in [-0.39, 0.29) is 30.2 Å². The standard InChI is InChI=1S/C22H26N2O2/c1-14-9-7-11-20(16(14)3)24-13-18(12-21(24)25)22(26)23-17(4)19-10-6-5-8-15(19)2/h5-11,17-18H,12-13H2,1-4H3,(H,23,26). The summed E-state index contributed by atoms with van der Waals surface area (Å²) in [5.74, 6) is -0.349. The van der Waals surface area contributed by atoms with E-state index in [1.807, 2.05) is 70.2 Å². The van der Waals surface area contributed by atoms with E-state index in [2.05, 4.69) is 5.32 Å². The van der Waals surface area contributed by atoms with Gasteiger partial charge in [-0.25, -0.2) is 0 Å². The normalized spacial score (nSPS) is 18.1.